The smallest absolute Gasteiger partial charge is 0.254 e. The minimum Gasteiger partial charge on any atom is -0.508 e. The van der Waals surface area contributed by atoms with Gasteiger partial charge in [-0.05, 0) is 30.9 Å². The van der Waals surface area contributed by atoms with E-state index in [1.165, 1.54) is 20.2 Å². The summed E-state index contributed by atoms with van der Waals surface area (Å²) in [4.78, 5) is 51.2. The molecule has 1 N–H and O–H groups in total. The number of fused-ring (bicyclic) bond motifs is 4. The molecule has 3 fully saturated rings. The molecule has 1 saturated carbocycles. The highest BCUT2D eigenvalue weighted by Crippen LogP contribution is 2.66. The van der Waals surface area contributed by atoms with E-state index in [-0.39, 0.29) is 47.2 Å². The summed E-state index contributed by atoms with van der Waals surface area (Å²) in [5.41, 5.74) is 0.692. The number of imide groups is 2. The molecule has 2 aliphatic heterocycles. The summed E-state index contributed by atoms with van der Waals surface area (Å²) in [5, 5.41) is 10.9. The summed E-state index contributed by atoms with van der Waals surface area (Å²) in [6, 6.07) is 4.63. The molecule has 0 spiro atoms. The Bertz CT molecular complexity index is 1190. The first-order valence-electron chi connectivity index (χ1n) is 10.7. The quantitative estimate of drug-likeness (QED) is 0.259. The highest BCUT2D eigenvalue weighted by atomic mass is 79.9. The molecule has 1 aromatic carbocycles. The van der Waals surface area contributed by atoms with Gasteiger partial charge in [0.1, 0.15) is 11.5 Å². The van der Waals surface area contributed by atoms with E-state index >= 15 is 0 Å². The number of allylic oxidation sites excluding steroid dienone is 2. The lowest BCUT2D eigenvalue weighted by Crippen LogP contribution is -2.60. The lowest BCUT2D eigenvalue weighted by atomic mass is 9.56. The largest absolute Gasteiger partial charge is 0.508 e. The molecule has 11 heteroatoms. The van der Waals surface area contributed by atoms with Crippen molar-refractivity contribution in [3.05, 3.63) is 35.4 Å². The second-order valence-electron chi connectivity index (χ2n) is 9.12. The van der Waals surface area contributed by atoms with Crippen LogP contribution in [0.1, 0.15) is 24.3 Å². The predicted molar refractivity (Wildman–Crippen MR) is 126 cm³/mol. The minimum absolute atomic E-state index is 0.0988. The predicted octanol–water partition coefficient (Wildman–Crippen LogP) is 2.74. The number of carbonyl (C=O) groups is 4. The highest BCUT2D eigenvalue weighted by Gasteiger charge is 2.76. The molecule has 8 nitrogen and oxygen atoms in total. The number of benzene rings is 1. The molecule has 4 amide bonds. The summed E-state index contributed by atoms with van der Waals surface area (Å²) < 4.78 is 5.51. The van der Waals surface area contributed by atoms with Gasteiger partial charge < -0.3 is 9.84 Å². The number of hydrogen-bond donors (Lipinski definition) is 1. The fraction of sp³-hybridized carbons (Fsp3) is 0.478. The van der Waals surface area contributed by atoms with E-state index in [1.807, 2.05) is 6.08 Å². The SMILES string of the molecule is COc1cccc(O)c1C1C2=CCC3C(=O)N(C)C(=O)C3C2CC2(Cl)C(=O)N(CBr)C(=O)C12Cl. The van der Waals surface area contributed by atoms with E-state index in [0.29, 0.717) is 5.57 Å². The van der Waals surface area contributed by atoms with E-state index in [4.69, 9.17) is 27.9 Å². The van der Waals surface area contributed by atoms with Crippen LogP contribution in [0.25, 0.3) is 0 Å². The number of halogens is 3. The Kier molecular flexibility index (Phi) is 5.35. The molecule has 0 bridgehead atoms. The zero-order chi connectivity index (χ0) is 24.7. The average molecular weight is 572 g/mol. The van der Waals surface area contributed by atoms with Gasteiger partial charge in [0, 0.05) is 18.5 Å². The third-order valence-corrected chi connectivity index (χ3v) is 9.70. The second-order valence-corrected chi connectivity index (χ2v) is 10.9. The van der Waals surface area contributed by atoms with Gasteiger partial charge in [0.25, 0.3) is 11.8 Å². The standard InChI is InChI=1S/C23H21BrCl2N2O6/c1-27-18(30)11-7-6-10-12(15(11)19(27)31)8-22(25)20(32)28(9-24)21(33)23(22,26)17(10)16-13(29)4-3-5-14(16)34-2/h3-6,11-12,15,17,29H,7-9H2,1-2H3. The van der Waals surface area contributed by atoms with Gasteiger partial charge in [-0.25, -0.2) is 0 Å². The number of hydrogen-bond acceptors (Lipinski definition) is 6. The monoisotopic (exact) mass is 570 g/mol. The van der Waals surface area contributed by atoms with Crippen LogP contribution in [0.15, 0.2) is 29.8 Å². The van der Waals surface area contributed by atoms with E-state index < -0.39 is 45.2 Å². The molecule has 1 aromatic rings. The van der Waals surface area contributed by atoms with Crippen molar-refractivity contribution in [2.24, 2.45) is 17.8 Å². The normalized spacial score (nSPS) is 36.9. The number of alkyl halides is 3. The fourth-order valence-electron chi connectivity index (χ4n) is 6.23. The van der Waals surface area contributed by atoms with Gasteiger partial charge >= 0.3 is 0 Å². The Morgan fingerprint density at radius 2 is 1.85 bits per heavy atom. The molecule has 5 rings (SSSR count). The van der Waals surface area contributed by atoms with Crippen molar-refractivity contribution in [3.8, 4) is 11.5 Å². The summed E-state index contributed by atoms with van der Waals surface area (Å²) in [6.07, 6.45) is 1.98. The van der Waals surface area contributed by atoms with E-state index in [1.54, 1.807) is 12.1 Å². The van der Waals surface area contributed by atoms with Gasteiger partial charge in [0.05, 0.1) is 24.4 Å². The van der Waals surface area contributed by atoms with Crippen molar-refractivity contribution in [2.75, 3.05) is 19.6 Å². The number of amides is 4. The molecule has 6 unspecified atom stereocenters. The van der Waals surface area contributed by atoms with Crippen LogP contribution in [-0.4, -0.2) is 67.9 Å². The van der Waals surface area contributed by atoms with Gasteiger partial charge in [-0.1, -0.05) is 33.6 Å². The topological polar surface area (TPSA) is 104 Å². The fourth-order valence-corrected chi connectivity index (χ4v) is 7.64. The Labute approximate surface area is 213 Å². The minimum atomic E-state index is -1.99. The maximum Gasteiger partial charge on any atom is 0.254 e. The molecule has 4 aliphatic rings. The molecule has 0 aromatic heterocycles. The van der Waals surface area contributed by atoms with Crippen molar-refractivity contribution in [3.63, 3.8) is 0 Å². The van der Waals surface area contributed by atoms with Crippen LogP contribution in [-0.2, 0) is 19.2 Å². The molecular weight excluding hydrogens is 551 g/mol. The van der Waals surface area contributed by atoms with Crippen molar-refractivity contribution >= 4 is 62.8 Å². The maximum atomic E-state index is 13.7. The Balaban J connectivity index is 1.80. The first-order valence-corrected chi connectivity index (χ1v) is 12.6. The van der Waals surface area contributed by atoms with Crippen LogP contribution in [0, 0.1) is 17.8 Å². The van der Waals surface area contributed by atoms with E-state index in [0.717, 1.165) is 9.80 Å². The maximum absolute atomic E-state index is 13.7. The Morgan fingerprint density at radius 3 is 2.50 bits per heavy atom. The third-order valence-electron chi connectivity index (χ3n) is 7.79. The number of likely N-dealkylation sites (tertiary alicyclic amines) is 2. The lowest BCUT2D eigenvalue weighted by Gasteiger charge is -2.50. The molecule has 2 aliphatic carbocycles. The van der Waals surface area contributed by atoms with Crippen LogP contribution in [0.4, 0.5) is 0 Å². The summed E-state index contributed by atoms with van der Waals surface area (Å²) in [6.45, 7) is 0. The molecular formula is C23H21BrCl2N2O6. The number of methoxy groups -OCH3 is 1. The van der Waals surface area contributed by atoms with Crippen LogP contribution in [0.5, 0.6) is 11.5 Å². The van der Waals surface area contributed by atoms with Crippen LogP contribution in [0.2, 0.25) is 0 Å². The Hall–Kier alpha value is -2.10. The zero-order valence-corrected chi connectivity index (χ0v) is 21.4. The zero-order valence-electron chi connectivity index (χ0n) is 18.3. The van der Waals surface area contributed by atoms with Crippen molar-refractivity contribution in [1.29, 1.82) is 0 Å². The second kappa shape index (κ2) is 7.70. The number of carbonyl (C=O) groups excluding carboxylic acids is 4. The molecule has 34 heavy (non-hydrogen) atoms. The van der Waals surface area contributed by atoms with Gasteiger partial charge in [-0.2, -0.15) is 0 Å². The number of ether oxygens (including phenoxy) is 1. The van der Waals surface area contributed by atoms with Crippen LogP contribution < -0.4 is 4.74 Å². The van der Waals surface area contributed by atoms with Crippen molar-refractivity contribution in [2.45, 2.75) is 28.5 Å². The Morgan fingerprint density at radius 1 is 1.15 bits per heavy atom. The van der Waals surface area contributed by atoms with Gasteiger partial charge in [-0.3, -0.25) is 29.0 Å². The molecule has 180 valence electrons. The van der Waals surface area contributed by atoms with Crippen LogP contribution in [0.3, 0.4) is 0 Å². The molecule has 0 radical (unpaired) electrons. The molecule has 2 heterocycles. The first-order chi connectivity index (χ1) is 16.0. The van der Waals surface area contributed by atoms with Crippen molar-refractivity contribution in [1.82, 2.24) is 9.80 Å². The summed E-state index contributed by atoms with van der Waals surface area (Å²) in [7, 11) is 2.85. The number of rotatable bonds is 3. The number of phenols is 1. The van der Waals surface area contributed by atoms with E-state index in [9.17, 15) is 24.3 Å². The average Bonchev–Trinajstić information content (AvgIpc) is 3.12. The number of phenolic OH excluding ortho intramolecular Hbond substituents is 1. The van der Waals surface area contributed by atoms with Gasteiger partial charge in [-0.15, -0.1) is 23.2 Å². The number of nitrogens with zero attached hydrogens (tertiary/aromatic N) is 2. The lowest BCUT2D eigenvalue weighted by molar-refractivity contribution is -0.140. The van der Waals surface area contributed by atoms with Gasteiger partial charge in [0.15, 0.2) is 9.75 Å². The van der Waals surface area contributed by atoms with Crippen molar-refractivity contribution < 1.29 is 29.0 Å². The first kappa shape index (κ1) is 23.6. The number of aromatic hydroxyl groups is 1. The third kappa shape index (κ3) is 2.66. The van der Waals surface area contributed by atoms with Gasteiger partial charge in [0.2, 0.25) is 11.8 Å². The summed E-state index contributed by atoms with van der Waals surface area (Å²) in [5.74, 6) is -4.98. The van der Waals surface area contributed by atoms with Crippen LogP contribution >= 0.6 is 39.1 Å². The summed E-state index contributed by atoms with van der Waals surface area (Å²) >= 11 is 17.4. The highest BCUT2D eigenvalue weighted by molar-refractivity contribution is 9.09. The molecule has 2 saturated heterocycles. The molecule has 6 atom stereocenters. The van der Waals surface area contributed by atoms with E-state index in [2.05, 4.69) is 15.9 Å².